The third-order valence-electron chi connectivity index (χ3n) is 4.28. The lowest BCUT2D eigenvalue weighted by molar-refractivity contribution is 0.0919. The molecular formula is C21H22N2O6S. The highest BCUT2D eigenvalue weighted by atomic mass is 32.2. The molecule has 0 radical (unpaired) electrons. The number of rotatable bonds is 9. The minimum absolute atomic E-state index is 0.148. The van der Waals surface area contributed by atoms with Crippen LogP contribution in [0.5, 0.6) is 11.5 Å². The van der Waals surface area contributed by atoms with Crippen molar-refractivity contribution in [1.82, 2.24) is 10.0 Å². The summed E-state index contributed by atoms with van der Waals surface area (Å²) >= 11 is 0. The molecule has 0 aliphatic carbocycles. The van der Waals surface area contributed by atoms with Gasteiger partial charge in [0.2, 0.25) is 10.0 Å². The van der Waals surface area contributed by atoms with Crippen LogP contribution >= 0.6 is 0 Å². The molecule has 0 saturated heterocycles. The maximum absolute atomic E-state index is 12.3. The van der Waals surface area contributed by atoms with Gasteiger partial charge in [0.25, 0.3) is 5.91 Å². The molecule has 0 fully saturated rings. The van der Waals surface area contributed by atoms with Gasteiger partial charge >= 0.3 is 0 Å². The second-order valence-corrected chi connectivity index (χ2v) is 8.13. The zero-order valence-electron chi connectivity index (χ0n) is 16.5. The predicted molar refractivity (Wildman–Crippen MR) is 110 cm³/mol. The van der Waals surface area contributed by atoms with E-state index in [0.29, 0.717) is 17.3 Å². The van der Waals surface area contributed by atoms with E-state index in [4.69, 9.17) is 13.9 Å². The Morgan fingerprint density at radius 2 is 1.70 bits per heavy atom. The molecule has 0 spiro atoms. The van der Waals surface area contributed by atoms with E-state index in [9.17, 15) is 13.2 Å². The molecule has 3 rings (SSSR count). The lowest BCUT2D eigenvalue weighted by Gasteiger charge is -2.08. The number of nitrogens with one attached hydrogen (secondary N) is 2. The molecule has 1 heterocycles. The molecule has 30 heavy (non-hydrogen) atoms. The van der Waals surface area contributed by atoms with Crippen molar-refractivity contribution in [3.8, 4) is 11.5 Å². The van der Waals surface area contributed by atoms with Crippen molar-refractivity contribution < 1.29 is 27.1 Å². The monoisotopic (exact) mass is 430 g/mol. The molecule has 0 bridgehead atoms. The van der Waals surface area contributed by atoms with Crippen molar-refractivity contribution in [3.05, 3.63) is 77.7 Å². The third-order valence-corrected chi connectivity index (χ3v) is 5.71. The van der Waals surface area contributed by atoms with Crippen LogP contribution in [-0.4, -0.2) is 28.5 Å². The molecule has 2 N–H and O–H groups in total. The van der Waals surface area contributed by atoms with Crippen molar-refractivity contribution >= 4 is 15.9 Å². The van der Waals surface area contributed by atoms with Crippen LogP contribution in [0.2, 0.25) is 0 Å². The number of ether oxygens (including phenoxy) is 2. The Kier molecular flexibility index (Phi) is 6.76. The number of benzene rings is 2. The Morgan fingerprint density at radius 1 is 1.00 bits per heavy atom. The van der Waals surface area contributed by atoms with Gasteiger partial charge in [-0.3, -0.25) is 4.79 Å². The first-order chi connectivity index (χ1) is 14.4. The molecule has 0 aliphatic heterocycles. The number of hydrogen-bond donors (Lipinski definition) is 2. The van der Waals surface area contributed by atoms with Gasteiger partial charge < -0.3 is 19.2 Å². The molecule has 3 aromatic rings. The van der Waals surface area contributed by atoms with Crippen LogP contribution in [0.15, 0.2) is 70.0 Å². The fourth-order valence-electron chi connectivity index (χ4n) is 2.64. The zero-order chi connectivity index (χ0) is 21.6. The number of sulfonamides is 1. The van der Waals surface area contributed by atoms with Crippen molar-refractivity contribution in [2.45, 2.75) is 18.0 Å². The van der Waals surface area contributed by atoms with Gasteiger partial charge in [-0.25, -0.2) is 13.1 Å². The van der Waals surface area contributed by atoms with Gasteiger partial charge in [-0.1, -0.05) is 24.3 Å². The highest BCUT2D eigenvalue weighted by molar-refractivity contribution is 7.89. The molecule has 0 unspecified atom stereocenters. The molecule has 2 aromatic carbocycles. The van der Waals surface area contributed by atoms with E-state index in [2.05, 4.69) is 10.0 Å². The van der Waals surface area contributed by atoms with Gasteiger partial charge in [-0.15, -0.1) is 0 Å². The molecule has 0 aliphatic rings. The highest BCUT2D eigenvalue weighted by Gasteiger charge is 2.13. The van der Waals surface area contributed by atoms with Gasteiger partial charge in [-0.2, -0.15) is 0 Å². The fourth-order valence-corrected chi connectivity index (χ4v) is 3.37. The maximum atomic E-state index is 12.3. The van der Waals surface area contributed by atoms with Crippen molar-refractivity contribution in [2.75, 3.05) is 14.2 Å². The topological polar surface area (TPSA) is 107 Å². The second kappa shape index (κ2) is 9.47. The number of furan rings is 1. The number of methoxy groups -OCH3 is 1. The summed E-state index contributed by atoms with van der Waals surface area (Å²) in [5.74, 6) is 1.45. The molecule has 1 aromatic heterocycles. The summed E-state index contributed by atoms with van der Waals surface area (Å²) in [7, 11) is -0.579. The average molecular weight is 430 g/mol. The predicted octanol–water partition coefficient (Wildman–Crippen LogP) is 2.71. The van der Waals surface area contributed by atoms with E-state index >= 15 is 0 Å². The van der Waals surface area contributed by atoms with Crippen LogP contribution in [-0.2, 0) is 23.2 Å². The molecular weight excluding hydrogens is 408 g/mol. The number of carbonyl (C=O) groups is 1. The Balaban J connectivity index is 1.55. The number of amides is 1. The van der Waals surface area contributed by atoms with Crippen LogP contribution in [0.3, 0.4) is 0 Å². The summed E-state index contributed by atoms with van der Waals surface area (Å²) in [5.41, 5.74) is 0.754. The second-order valence-electron chi connectivity index (χ2n) is 6.24. The largest absolute Gasteiger partial charge is 0.493 e. The van der Waals surface area contributed by atoms with Crippen LogP contribution in [0, 0.1) is 0 Å². The van der Waals surface area contributed by atoms with Crippen molar-refractivity contribution in [2.24, 2.45) is 0 Å². The SMILES string of the molecule is CNS(=O)(=O)c1ccc(CNC(=O)c2ccc(COc3ccccc3OC)o2)cc1. The molecule has 9 heteroatoms. The summed E-state index contributed by atoms with van der Waals surface area (Å²) in [5, 5.41) is 2.73. The molecule has 8 nitrogen and oxygen atoms in total. The highest BCUT2D eigenvalue weighted by Crippen LogP contribution is 2.26. The number of hydrogen-bond acceptors (Lipinski definition) is 6. The summed E-state index contributed by atoms with van der Waals surface area (Å²) in [6.07, 6.45) is 0. The van der Waals surface area contributed by atoms with Gasteiger partial charge in [0.05, 0.1) is 12.0 Å². The van der Waals surface area contributed by atoms with E-state index in [1.807, 2.05) is 12.1 Å². The van der Waals surface area contributed by atoms with Crippen LogP contribution in [0.1, 0.15) is 21.9 Å². The molecule has 158 valence electrons. The van der Waals surface area contributed by atoms with Gasteiger partial charge in [0.1, 0.15) is 12.4 Å². The molecule has 0 saturated carbocycles. The normalized spacial score (nSPS) is 11.1. The lowest BCUT2D eigenvalue weighted by Crippen LogP contribution is -2.22. The first-order valence-corrected chi connectivity index (χ1v) is 10.6. The average Bonchev–Trinajstić information content (AvgIpc) is 3.25. The maximum Gasteiger partial charge on any atom is 0.287 e. The van der Waals surface area contributed by atoms with Crippen molar-refractivity contribution in [3.63, 3.8) is 0 Å². The number of carbonyl (C=O) groups excluding carboxylic acids is 1. The van der Waals surface area contributed by atoms with E-state index in [1.165, 1.54) is 19.2 Å². The van der Waals surface area contributed by atoms with Crippen molar-refractivity contribution in [1.29, 1.82) is 0 Å². The van der Waals surface area contributed by atoms with Crippen LogP contribution < -0.4 is 19.5 Å². The fraction of sp³-hybridized carbons (Fsp3) is 0.190. The summed E-state index contributed by atoms with van der Waals surface area (Å²) in [4.78, 5) is 12.5. The van der Waals surface area contributed by atoms with Gasteiger partial charge in [0.15, 0.2) is 17.3 Å². The van der Waals surface area contributed by atoms with Crippen LogP contribution in [0.25, 0.3) is 0 Å². The Labute approximate surface area is 174 Å². The Morgan fingerprint density at radius 3 is 2.37 bits per heavy atom. The van der Waals surface area contributed by atoms with E-state index in [-0.39, 0.29) is 29.7 Å². The van der Waals surface area contributed by atoms with Crippen LogP contribution in [0.4, 0.5) is 0 Å². The third kappa shape index (κ3) is 5.19. The summed E-state index contributed by atoms with van der Waals surface area (Å²) < 4.78 is 42.2. The minimum atomic E-state index is -3.49. The van der Waals surface area contributed by atoms with Gasteiger partial charge in [0, 0.05) is 6.54 Å². The zero-order valence-corrected chi connectivity index (χ0v) is 17.4. The first kappa shape index (κ1) is 21.4. The summed E-state index contributed by atoms with van der Waals surface area (Å²) in [6, 6.07) is 16.7. The standard InChI is InChI=1S/C21H22N2O6S/c1-22-30(25,26)17-10-7-15(8-11-17)13-23-21(24)20-12-9-16(29-20)14-28-19-6-4-3-5-18(19)27-2/h3-12,22H,13-14H2,1-2H3,(H,23,24). The van der Waals surface area contributed by atoms with E-state index in [0.717, 1.165) is 5.56 Å². The molecule has 1 amide bonds. The first-order valence-electron chi connectivity index (χ1n) is 9.08. The number of para-hydroxylation sites is 2. The Bertz CT molecular complexity index is 1110. The van der Waals surface area contributed by atoms with E-state index in [1.54, 1.807) is 43.5 Å². The van der Waals surface area contributed by atoms with Gasteiger partial charge in [-0.05, 0) is 49.0 Å². The smallest absolute Gasteiger partial charge is 0.287 e. The summed E-state index contributed by atoms with van der Waals surface area (Å²) in [6.45, 7) is 0.377. The lowest BCUT2D eigenvalue weighted by atomic mass is 10.2. The molecule has 0 atom stereocenters. The Hall–Kier alpha value is -3.30. The van der Waals surface area contributed by atoms with E-state index < -0.39 is 10.0 Å². The quantitative estimate of drug-likeness (QED) is 0.541. The minimum Gasteiger partial charge on any atom is -0.493 e.